The maximum atomic E-state index is 12.7. The Hall–Kier alpha value is -1.70. The Morgan fingerprint density at radius 1 is 1.25 bits per heavy atom. The molecule has 0 atom stereocenters. The molecule has 0 aliphatic carbocycles. The number of carbonyl (C=O) groups excluding carboxylic acids is 1. The summed E-state index contributed by atoms with van der Waals surface area (Å²) in [5.41, 5.74) is 2.52. The van der Waals surface area contributed by atoms with Crippen LogP contribution in [0.4, 0.5) is 5.69 Å². The fourth-order valence-corrected chi connectivity index (χ4v) is 4.90. The maximum absolute atomic E-state index is 12.7. The molecule has 1 aliphatic rings. The van der Waals surface area contributed by atoms with E-state index in [4.69, 9.17) is 0 Å². The van der Waals surface area contributed by atoms with E-state index in [0.717, 1.165) is 17.5 Å². The summed E-state index contributed by atoms with van der Waals surface area (Å²) < 4.78 is 28.4. The van der Waals surface area contributed by atoms with Crippen LogP contribution in [0, 0.1) is 0 Å². The second-order valence-corrected chi connectivity index (χ2v) is 8.23. The molecule has 0 spiro atoms. The van der Waals surface area contributed by atoms with E-state index in [0.29, 0.717) is 16.7 Å². The van der Waals surface area contributed by atoms with Gasteiger partial charge >= 0.3 is 0 Å². The van der Waals surface area contributed by atoms with Gasteiger partial charge in [-0.2, -0.15) is 0 Å². The van der Waals surface area contributed by atoms with Crippen LogP contribution in [0.3, 0.4) is 0 Å². The number of nitrogens with one attached hydrogen (secondary N) is 1. The summed E-state index contributed by atoms with van der Waals surface area (Å²) in [4.78, 5) is 13.5. The number of fused-ring (bicyclic) bond motifs is 1. The molecule has 0 aromatic heterocycles. The van der Waals surface area contributed by atoms with Gasteiger partial charge in [-0.25, -0.2) is 13.1 Å². The van der Waals surface area contributed by atoms with Crippen LogP contribution in [0.15, 0.2) is 51.8 Å². The van der Waals surface area contributed by atoms with E-state index < -0.39 is 10.0 Å². The fraction of sp³-hybridized carbons (Fsp3) is 0.235. The van der Waals surface area contributed by atoms with Crippen LogP contribution in [0.1, 0.15) is 18.1 Å². The number of amides is 1. The van der Waals surface area contributed by atoms with Crippen molar-refractivity contribution in [3.8, 4) is 0 Å². The lowest BCUT2D eigenvalue weighted by Gasteiger charge is -2.17. The molecule has 7 heteroatoms. The zero-order valence-corrected chi connectivity index (χ0v) is 15.5. The number of anilines is 1. The molecule has 0 saturated carbocycles. The molecule has 1 amide bonds. The van der Waals surface area contributed by atoms with Crippen molar-refractivity contribution in [2.45, 2.75) is 24.8 Å². The van der Waals surface area contributed by atoms with Crippen molar-refractivity contribution >= 4 is 37.5 Å². The van der Waals surface area contributed by atoms with Gasteiger partial charge in [-0.3, -0.25) is 4.79 Å². The van der Waals surface area contributed by atoms with E-state index in [1.54, 1.807) is 17.0 Å². The molecule has 0 bridgehead atoms. The molecule has 0 fully saturated rings. The SMILES string of the molecule is CC(=O)N1CCc2cc(Br)c(S(=O)(=O)NCc3ccccc3)cc21. The Morgan fingerprint density at radius 2 is 1.96 bits per heavy atom. The Morgan fingerprint density at radius 3 is 2.62 bits per heavy atom. The molecule has 3 rings (SSSR count). The number of rotatable bonds is 4. The van der Waals surface area contributed by atoms with Gasteiger partial charge in [0.15, 0.2) is 0 Å². The molecular weight excluding hydrogens is 392 g/mol. The van der Waals surface area contributed by atoms with Gasteiger partial charge in [0.05, 0.1) is 4.90 Å². The minimum absolute atomic E-state index is 0.0864. The summed E-state index contributed by atoms with van der Waals surface area (Å²) in [5.74, 6) is -0.0864. The number of sulfonamides is 1. The van der Waals surface area contributed by atoms with E-state index in [1.165, 1.54) is 6.92 Å². The second-order valence-electron chi connectivity index (χ2n) is 5.64. The van der Waals surface area contributed by atoms with Crippen molar-refractivity contribution in [3.63, 3.8) is 0 Å². The summed E-state index contributed by atoms with van der Waals surface area (Å²) in [6.07, 6.45) is 0.727. The largest absolute Gasteiger partial charge is 0.312 e. The summed E-state index contributed by atoms with van der Waals surface area (Å²) in [7, 11) is -3.69. The average molecular weight is 409 g/mol. The van der Waals surface area contributed by atoms with E-state index in [2.05, 4.69) is 20.7 Å². The molecule has 2 aromatic rings. The summed E-state index contributed by atoms with van der Waals surface area (Å²) in [6, 6.07) is 12.7. The number of hydrogen-bond donors (Lipinski definition) is 1. The standard InChI is InChI=1S/C17H17BrN2O3S/c1-12(21)20-8-7-14-9-15(18)17(10-16(14)20)24(22,23)19-11-13-5-3-2-4-6-13/h2-6,9-10,19H,7-8,11H2,1H3. The van der Waals surface area contributed by atoms with Crippen molar-refractivity contribution in [3.05, 3.63) is 58.1 Å². The molecule has 126 valence electrons. The van der Waals surface area contributed by atoms with Gasteiger partial charge < -0.3 is 4.90 Å². The first-order valence-corrected chi connectivity index (χ1v) is 9.80. The summed E-state index contributed by atoms with van der Waals surface area (Å²) in [6.45, 7) is 2.28. The minimum Gasteiger partial charge on any atom is -0.312 e. The third kappa shape index (κ3) is 3.38. The predicted octanol–water partition coefficient (Wildman–Crippen LogP) is 2.84. The van der Waals surface area contributed by atoms with Crippen LogP contribution in [0.2, 0.25) is 0 Å². The zero-order valence-electron chi connectivity index (χ0n) is 13.1. The quantitative estimate of drug-likeness (QED) is 0.845. The van der Waals surface area contributed by atoms with E-state index in [-0.39, 0.29) is 17.3 Å². The molecule has 24 heavy (non-hydrogen) atoms. The third-order valence-corrected chi connectivity index (χ3v) is 6.37. The van der Waals surface area contributed by atoms with Crippen LogP contribution in [-0.4, -0.2) is 20.9 Å². The molecule has 0 radical (unpaired) electrons. The molecule has 1 heterocycles. The summed E-state index contributed by atoms with van der Waals surface area (Å²) >= 11 is 3.35. The van der Waals surface area contributed by atoms with Gasteiger partial charge in [0, 0.05) is 30.2 Å². The lowest BCUT2D eigenvalue weighted by molar-refractivity contribution is -0.116. The molecule has 1 N–H and O–H groups in total. The van der Waals surface area contributed by atoms with Crippen LogP contribution in [0.5, 0.6) is 0 Å². The third-order valence-electron chi connectivity index (χ3n) is 4.01. The van der Waals surface area contributed by atoms with E-state index in [9.17, 15) is 13.2 Å². The molecular formula is C17H17BrN2O3S. The van der Waals surface area contributed by atoms with Gasteiger partial charge in [0.25, 0.3) is 0 Å². The predicted molar refractivity (Wildman–Crippen MR) is 96.3 cm³/mol. The van der Waals surface area contributed by atoms with Crippen molar-refractivity contribution in [2.24, 2.45) is 0 Å². The molecule has 1 aliphatic heterocycles. The van der Waals surface area contributed by atoms with Crippen LogP contribution < -0.4 is 9.62 Å². The van der Waals surface area contributed by atoms with Crippen molar-refractivity contribution in [1.82, 2.24) is 4.72 Å². The lowest BCUT2D eigenvalue weighted by atomic mass is 10.2. The average Bonchev–Trinajstić information content (AvgIpc) is 2.96. The van der Waals surface area contributed by atoms with Crippen LogP contribution >= 0.6 is 15.9 Å². The summed E-state index contributed by atoms with van der Waals surface area (Å²) in [5, 5.41) is 0. The second kappa shape index (κ2) is 6.66. The first kappa shape index (κ1) is 17.1. The van der Waals surface area contributed by atoms with Crippen molar-refractivity contribution in [2.75, 3.05) is 11.4 Å². The highest BCUT2D eigenvalue weighted by molar-refractivity contribution is 9.10. The Labute approximate surface area is 149 Å². The molecule has 2 aromatic carbocycles. The number of nitrogens with zero attached hydrogens (tertiary/aromatic N) is 1. The number of carbonyl (C=O) groups is 1. The number of halogens is 1. The highest BCUT2D eigenvalue weighted by Crippen LogP contribution is 2.35. The monoisotopic (exact) mass is 408 g/mol. The first-order chi connectivity index (χ1) is 11.4. The van der Waals surface area contributed by atoms with Gasteiger partial charge in [-0.15, -0.1) is 0 Å². The molecule has 0 unspecified atom stereocenters. The number of hydrogen-bond acceptors (Lipinski definition) is 3. The highest BCUT2D eigenvalue weighted by Gasteiger charge is 2.27. The Bertz CT molecular complexity index is 882. The van der Waals surface area contributed by atoms with Gasteiger partial charge in [0.2, 0.25) is 15.9 Å². The Balaban J connectivity index is 1.91. The van der Waals surface area contributed by atoms with Gasteiger partial charge in [-0.1, -0.05) is 30.3 Å². The minimum atomic E-state index is -3.69. The van der Waals surface area contributed by atoms with Gasteiger partial charge in [-0.05, 0) is 45.6 Å². The van der Waals surface area contributed by atoms with Crippen molar-refractivity contribution in [1.29, 1.82) is 0 Å². The number of benzene rings is 2. The van der Waals surface area contributed by atoms with E-state index >= 15 is 0 Å². The normalized spacial score (nSPS) is 13.8. The van der Waals surface area contributed by atoms with Crippen LogP contribution in [0.25, 0.3) is 0 Å². The molecule has 0 saturated heterocycles. The van der Waals surface area contributed by atoms with Gasteiger partial charge in [0.1, 0.15) is 0 Å². The topological polar surface area (TPSA) is 66.5 Å². The maximum Gasteiger partial charge on any atom is 0.242 e. The zero-order chi connectivity index (χ0) is 17.3. The highest BCUT2D eigenvalue weighted by atomic mass is 79.9. The lowest BCUT2D eigenvalue weighted by Crippen LogP contribution is -2.27. The van der Waals surface area contributed by atoms with E-state index in [1.807, 2.05) is 30.3 Å². The fourth-order valence-electron chi connectivity index (χ4n) is 2.77. The Kier molecular flexibility index (Phi) is 4.76. The molecule has 5 nitrogen and oxygen atoms in total. The smallest absolute Gasteiger partial charge is 0.242 e. The van der Waals surface area contributed by atoms with Crippen molar-refractivity contribution < 1.29 is 13.2 Å². The first-order valence-electron chi connectivity index (χ1n) is 7.52. The van der Waals surface area contributed by atoms with Crippen LogP contribution in [-0.2, 0) is 27.8 Å².